The Morgan fingerprint density at radius 1 is 1.41 bits per heavy atom. The summed E-state index contributed by atoms with van der Waals surface area (Å²) in [5, 5.41) is 4.19. The Kier molecular flexibility index (Phi) is 3.19. The molecule has 0 unspecified atom stereocenters. The molecule has 2 aromatic heterocycles. The van der Waals surface area contributed by atoms with Gasteiger partial charge in [0.05, 0.1) is 10.0 Å². The van der Waals surface area contributed by atoms with Crippen LogP contribution >= 0.6 is 15.9 Å². The van der Waals surface area contributed by atoms with Crippen molar-refractivity contribution in [2.45, 2.75) is 0 Å². The summed E-state index contributed by atoms with van der Waals surface area (Å²) in [5.41, 5.74) is 0.424. The van der Waals surface area contributed by atoms with Crippen LogP contribution in [-0.4, -0.2) is 32.7 Å². The number of anilines is 1. The molecule has 0 fully saturated rings. The fourth-order valence-corrected chi connectivity index (χ4v) is 2.02. The highest BCUT2D eigenvalue weighted by molar-refractivity contribution is 9.10. The van der Waals surface area contributed by atoms with E-state index in [1.165, 1.54) is 23.6 Å². The first-order chi connectivity index (χ1) is 8.09. The van der Waals surface area contributed by atoms with Crippen molar-refractivity contribution in [1.82, 2.24) is 19.7 Å². The molecular weight excluding hydrogens is 286 g/mol. The average Bonchev–Trinajstić information content (AvgIpc) is 2.68. The van der Waals surface area contributed by atoms with Gasteiger partial charge in [-0.15, -0.1) is 0 Å². The fraction of sp³-hybridized carbons (Fsp3) is 0.200. The summed E-state index contributed by atoms with van der Waals surface area (Å²) in [6, 6.07) is 0. The molecule has 2 aromatic rings. The Balaban J connectivity index is 2.30. The van der Waals surface area contributed by atoms with Gasteiger partial charge in [0.15, 0.2) is 5.82 Å². The van der Waals surface area contributed by atoms with Gasteiger partial charge < -0.3 is 0 Å². The van der Waals surface area contributed by atoms with Crippen LogP contribution in [-0.2, 0) is 7.05 Å². The van der Waals surface area contributed by atoms with E-state index < -0.39 is 0 Å². The summed E-state index contributed by atoms with van der Waals surface area (Å²) in [5.74, 6) is 0.353. The smallest absolute Gasteiger partial charge is 0.262 e. The van der Waals surface area contributed by atoms with Crippen molar-refractivity contribution in [2.24, 2.45) is 7.05 Å². The number of hydrogen-bond acceptors (Lipinski definition) is 4. The molecule has 2 rings (SSSR count). The van der Waals surface area contributed by atoms with Crippen LogP contribution in [0.3, 0.4) is 0 Å². The van der Waals surface area contributed by atoms with E-state index in [0.29, 0.717) is 11.4 Å². The first-order valence-corrected chi connectivity index (χ1v) is 5.61. The highest BCUT2D eigenvalue weighted by Gasteiger charge is 2.18. The number of halogens is 1. The molecule has 0 aliphatic rings. The van der Waals surface area contributed by atoms with Gasteiger partial charge in [-0.2, -0.15) is 5.10 Å². The lowest BCUT2D eigenvalue weighted by Gasteiger charge is -2.14. The van der Waals surface area contributed by atoms with Crippen LogP contribution in [0.25, 0.3) is 0 Å². The average molecular weight is 296 g/mol. The summed E-state index contributed by atoms with van der Waals surface area (Å²) in [6.07, 6.45) is 6.11. The Morgan fingerprint density at radius 2 is 2.06 bits per heavy atom. The third-order valence-corrected chi connectivity index (χ3v) is 2.76. The number of aromatic nitrogens is 4. The van der Waals surface area contributed by atoms with Crippen molar-refractivity contribution in [1.29, 1.82) is 0 Å². The van der Waals surface area contributed by atoms with Crippen LogP contribution in [0.5, 0.6) is 0 Å². The van der Waals surface area contributed by atoms with Gasteiger partial charge in [0, 0.05) is 32.7 Å². The number of rotatable bonds is 2. The molecule has 0 aliphatic heterocycles. The lowest BCUT2D eigenvalue weighted by molar-refractivity contribution is 0.0991. The topological polar surface area (TPSA) is 63.9 Å². The van der Waals surface area contributed by atoms with Crippen LogP contribution in [0, 0.1) is 0 Å². The summed E-state index contributed by atoms with van der Waals surface area (Å²) in [6.45, 7) is 0. The van der Waals surface area contributed by atoms with E-state index in [1.807, 2.05) is 0 Å². The van der Waals surface area contributed by atoms with E-state index in [4.69, 9.17) is 0 Å². The van der Waals surface area contributed by atoms with Gasteiger partial charge in [-0.05, 0) is 15.9 Å². The van der Waals surface area contributed by atoms with Crippen molar-refractivity contribution in [3.63, 3.8) is 0 Å². The quantitative estimate of drug-likeness (QED) is 0.836. The van der Waals surface area contributed by atoms with Gasteiger partial charge in [-0.3, -0.25) is 14.4 Å². The maximum absolute atomic E-state index is 12.1. The number of hydrogen-bond donors (Lipinski definition) is 0. The zero-order valence-electron chi connectivity index (χ0n) is 9.33. The van der Waals surface area contributed by atoms with Gasteiger partial charge in [-0.25, -0.2) is 9.97 Å². The largest absolute Gasteiger partial charge is 0.293 e. The van der Waals surface area contributed by atoms with Crippen LogP contribution < -0.4 is 4.90 Å². The Labute approximate surface area is 106 Å². The van der Waals surface area contributed by atoms with Crippen LogP contribution in [0.4, 0.5) is 5.82 Å². The number of amides is 1. The minimum Gasteiger partial charge on any atom is -0.293 e. The summed E-state index contributed by atoms with van der Waals surface area (Å²) >= 11 is 3.35. The maximum Gasteiger partial charge on any atom is 0.262 e. The number of carbonyl (C=O) groups excluding carboxylic acids is 1. The lowest BCUT2D eigenvalue weighted by Crippen LogP contribution is -2.27. The molecule has 0 aromatic carbocycles. The van der Waals surface area contributed by atoms with E-state index in [0.717, 1.165) is 4.47 Å². The molecular formula is C10H10BrN5O. The predicted molar refractivity (Wildman–Crippen MR) is 65.7 cm³/mol. The third kappa shape index (κ3) is 2.33. The minimum atomic E-state index is -0.204. The number of carbonyl (C=O) groups is 1. The van der Waals surface area contributed by atoms with Crippen LogP contribution in [0.15, 0.2) is 29.4 Å². The second-order valence-corrected chi connectivity index (χ2v) is 4.32. The molecule has 6 nitrogen and oxygen atoms in total. The maximum atomic E-state index is 12.1. The molecule has 17 heavy (non-hydrogen) atoms. The molecule has 0 N–H and O–H groups in total. The normalized spacial score (nSPS) is 10.3. The second-order valence-electron chi connectivity index (χ2n) is 3.47. The van der Waals surface area contributed by atoms with Gasteiger partial charge in [0.25, 0.3) is 5.91 Å². The van der Waals surface area contributed by atoms with E-state index in [9.17, 15) is 4.79 Å². The van der Waals surface area contributed by atoms with Gasteiger partial charge in [0.1, 0.15) is 6.33 Å². The fourth-order valence-electron chi connectivity index (χ4n) is 1.37. The van der Waals surface area contributed by atoms with E-state index in [1.54, 1.807) is 25.0 Å². The van der Waals surface area contributed by atoms with E-state index in [-0.39, 0.29) is 5.91 Å². The van der Waals surface area contributed by atoms with Gasteiger partial charge >= 0.3 is 0 Å². The molecule has 0 saturated heterocycles. The highest BCUT2D eigenvalue weighted by Crippen LogP contribution is 2.23. The van der Waals surface area contributed by atoms with Crippen molar-refractivity contribution < 1.29 is 4.79 Å². The predicted octanol–water partition coefficient (Wildman–Crippen LogP) is 1.25. The summed E-state index contributed by atoms with van der Waals surface area (Å²) in [4.78, 5) is 21.2. The zero-order valence-corrected chi connectivity index (χ0v) is 10.9. The second kappa shape index (κ2) is 4.62. The lowest BCUT2D eigenvalue weighted by atomic mass is 10.3. The zero-order chi connectivity index (χ0) is 12.4. The van der Waals surface area contributed by atoms with Crippen molar-refractivity contribution in [3.05, 3.63) is 35.0 Å². The molecule has 0 bridgehead atoms. The Bertz CT molecular complexity index is 539. The molecule has 88 valence electrons. The number of aryl methyl sites for hydroxylation is 1. The van der Waals surface area contributed by atoms with Crippen LogP contribution in [0.1, 0.15) is 10.4 Å². The molecule has 0 spiro atoms. The third-order valence-electron chi connectivity index (χ3n) is 2.20. The summed E-state index contributed by atoms with van der Waals surface area (Å²) < 4.78 is 2.39. The van der Waals surface area contributed by atoms with Crippen LogP contribution in [0.2, 0.25) is 0 Å². The Morgan fingerprint density at radius 3 is 2.59 bits per heavy atom. The standard InChI is InChI=1S/C10H10BrN5O/c1-15-5-8(11)9(14-15)16(2)10(17)7-3-12-6-13-4-7/h3-6H,1-2H3. The first-order valence-electron chi connectivity index (χ1n) is 4.82. The van der Waals surface area contributed by atoms with Gasteiger partial charge in [-0.1, -0.05) is 0 Å². The van der Waals surface area contributed by atoms with Gasteiger partial charge in [0.2, 0.25) is 0 Å². The van der Waals surface area contributed by atoms with Crippen molar-refractivity contribution in [2.75, 3.05) is 11.9 Å². The van der Waals surface area contributed by atoms with E-state index >= 15 is 0 Å². The Hall–Kier alpha value is -1.76. The van der Waals surface area contributed by atoms with E-state index in [2.05, 4.69) is 31.0 Å². The monoisotopic (exact) mass is 295 g/mol. The van der Waals surface area contributed by atoms with Crippen molar-refractivity contribution >= 4 is 27.7 Å². The minimum absolute atomic E-state index is 0.204. The first kappa shape index (κ1) is 11.7. The SMILES string of the molecule is CN(C(=O)c1cncnc1)c1nn(C)cc1Br. The molecule has 0 radical (unpaired) electrons. The molecule has 2 heterocycles. The molecule has 0 aliphatic carbocycles. The molecule has 1 amide bonds. The molecule has 7 heteroatoms. The highest BCUT2D eigenvalue weighted by atomic mass is 79.9. The summed E-state index contributed by atoms with van der Waals surface area (Å²) in [7, 11) is 3.45. The number of nitrogens with zero attached hydrogens (tertiary/aromatic N) is 5. The molecule has 0 saturated carbocycles. The molecule has 0 atom stereocenters. The van der Waals surface area contributed by atoms with Crippen molar-refractivity contribution in [3.8, 4) is 0 Å².